The van der Waals surface area contributed by atoms with Crippen molar-refractivity contribution in [3.8, 4) is 11.1 Å². The zero-order valence-corrected chi connectivity index (χ0v) is 12.5. The number of allylic oxidation sites excluding steroid dienone is 6. The van der Waals surface area contributed by atoms with Crippen LogP contribution in [-0.4, -0.2) is 0 Å². The second kappa shape index (κ2) is 5.65. The number of hydrogen-bond acceptors (Lipinski definition) is 0. The van der Waals surface area contributed by atoms with E-state index in [1.54, 1.807) is 0 Å². The van der Waals surface area contributed by atoms with E-state index in [1.165, 1.54) is 33.4 Å². The minimum absolute atomic E-state index is 1.05. The Morgan fingerprint density at radius 2 is 1.82 bits per heavy atom. The van der Waals surface area contributed by atoms with Crippen LogP contribution in [0.5, 0.6) is 0 Å². The smallest absolute Gasteiger partial charge is 0.00879 e. The average Bonchev–Trinajstić information content (AvgIpc) is 3.24. The fourth-order valence-corrected chi connectivity index (χ4v) is 3.14. The molecule has 106 valence electrons. The van der Waals surface area contributed by atoms with E-state index >= 15 is 0 Å². The first-order valence-electron chi connectivity index (χ1n) is 7.83. The van der Waals surface area contributed by atoms with Gasteiger partial charge in [0.25, 0.3) is 0 Å². The van der Waals surface area contributed by atoms with Crippen LogP contribution in [0.15, 0.2) is 78.4 Å². The van der Waals surface area contributed by atoms with Gasteiger partial charge in [-0.05, 0) is 52.3 Å². The zero-order valence-electron chi connectivity index (χ0n) is 12.5. The molecule has 0 radical (unpaired) electrons. The first-order chi connectivity index (χ1) is 10.9. The molecule has 0 heteroatoms. The van der Waals surface area contributed by atoms with Gasteiger partial charge in [-0.2, -0.15) is 0 Å². The molecular formula is C22H18. The van der Waals surface area contributed by atoms with Gasteiger partial charge in [-0.15, -0.1) is 0 Å². The molecule has 0 N–H and O–H groups in total. The third-order valence-electron chi connectivity index (χ3n) is 4.31. The minimum atomic E-state index is 1.05. The molecule has 0 atom stereocenters. The highest BCUT2D eigenvalue weighted by Crippen LogP contribution is 2.31. The summed E-state index contributed by atoms with van der Waals surface area (Å²) < 4.78 is 0. The summed E-state index contributed by atoms with van der Waals surface area (Å²) >= 11 is 0. The van der Waals surface area contributed by atoms with Crippen molar-refractivity contribution in [1.82, 2.24) is 0 Å². The lowest BCUT2D eigenvalue weighted by Crippen LogP contribution is -1.87. The summed E-state index contributed by atoms with van der Waals surface area (Å²) in [5.74, 6) is 0. The van der Waals surface area contributed by atoms with Gasteiger partial charge in [0.15, 0.2) is 0 Å². The molecule has 0 saturated heterocycles. The summed E-state index contributed by atoms with van der Waals surface area (Å²) in [4.78, 5) is 0. The van der Waals surface area contributed by atoms with Crippen molar-refractivity contribution in [1.29, 1.82) is 0 Å². The van der Waals surface area contributed by atoms with E-state index in [2.05, 4.69) is 85.0 Å². The molecule has 0 unspecified atom stereocenters. The van der Waals surface area contributed by atoms with Crippen molar-refractivity contribution in [2.75, 3.05) is 0 Å². The number of rotatable bonds is 3. The summed E-state index contributed by atoms with van der Waals surface area (Å²) in [5.41, 5.74) is 8.07. The Balaban J connectivity index is 1.68. The summed E-state index contributed by atoms with van der Waals surface area (Å²) in [5, 5.41) is 0. The van der Waals surface area contributed by atoms with Crippen LogP contribution in [-0.2, 0) is 6.42 Å². The highest BCUT2D eigenvalue weighted by molar-refractivity contribution is 5.80. The lowest BCUT2D eigenvalue weighted by molar-refractivity contribution is 1.31. The molecule has 2 aromatic carbocycles. The van der Waals surface area contributed by atoms with E-state index in [0.717, 1.165) is 12.8 Å². The molecule has 2 aromatic rings. The standard InChI is InChI=1S/C22H18/c1-2-7-17(6-1)14-15-18-8-3-11-20(16-18)22-13-5-10-19-9-4-12-21(19)22/h1-6,8,10-16H,7,9H2/b15-14+. The lowest BCUT2D eigenvalue weighted by atomic mass is 9.96. The van der Waals surface area contributed by atoms with E-state index < -0.39 is 0 Å². The van der Waals surface area contributed by atoms with Crippen molar-refractivity contribution >= 4 is 12.2 Å². The Bertz CT molecular complexity index is 829. The molecule has 0 aromatic heterocycles. The van der Waals surface area contributed by atoms with Crippen molar-refractivity contribution in [3.05, 3.63) is 95.1 Å². The molecule has 0 spiro atoms. The molecule has 0 bridgehead atoms. The largest absolute Gasteiger partial charge is 0.0801 e. The maximum absolute atomic E-state index is 2.28. The molecule has 2 aliphatic carbocycles. The SMILES string of the molecule is C1=CCC(/C=C/c2cccc(-c3cccc4c3C=CC4)c2)=C1. The van der Waals surface area contributed by atoms with Gasteiger partial charge < -0.3 is 0 Å². The Morgan fingerprint density at radius 3 is 2.73 bits per heavy atom. The van der Waals surface area contributed by atoms with Crippen LogP contribution >= 0.6 is 0 Å². The third-order valence-corrected chi connectivity index (χ3v) is 4.31. The van der Waals surface area contributed by atoms with Crippen LogP contribution in [0.1, 0.15) is 23.1 Å². The lowest BCUT2D eigenvalue weighted by Gasteiger charge is -2.09. The molecule has 0 aliphatic heterocycles. The summed E-state index contributed by atoms with van der Waals surface area (Å²) in [7, 11) is 0. The fourth-order valence-electron chi connectivity index (χ4n) is 3.14. The summed E-state index contributed by atoms with van der Waals surface area (Å²) in [6, 6.07) is 15.4. The second-order valence-electron chi connectivity index (χ2n) is 5.82. The number of benzene rings is 2. The quantitative estimate of drug-likeness (QED) is 0.665. The van der Waals surface area contributed by atoms with Crippen molar-refractivity contribution in [3.63, 3.8) is 0 Å². The maximum Gasteiger partial charge on any atom is -0.00879 e. The molecule has 0 saturated carbocycles. The van der Waals surface area contributed by atoms with E-state index in [0.29, 0.717) is 0 Å². The van der Waals surface area contributed by atoms with Crippen LogP contribution in [0.25, 0.3) is 23.3 Å². The molecular weight excluding hydrogens is 264 g/mol. The van der Waals surface area contributed by atoms with Crippen LogP contribution < -0.4 is 0 Å². The zero-order chi connectivity index (χ0) is 14.8. The van der Waals surface area contributed by atoms with Gasteiger partial charge in [0.2, 0.25) is 0 Å². The van der Waals surface area contributed by atoms with Gasteiger partial charge in [0, 0.05) is 0 Å². The highest BCUT2D eigenvalue weighted by Gasteiger charge is 2.10. The monoisotopic (exact) mass is 282 g/mol. The molecule has 2 aliphatic rings. The Labute approximate surface area is 131 Å². The molecule has 0 amide bonds. The van der Waals surface area contributed by atoms with Gasteiger partial charge in [-0.25, -0.2) is 0 Å². The Kier molecular flexibility index (Phi) is 3.36. The van der Waals surface area contributed by atoms with Gasteiger partial charge in [0.05, 0.1) is 0 Å². The maximum atomic E-state index is 2.28. The van der Waals surface area contributed by atoms with Crippen molar-refractivity contribution in [2.45, 2.75) is 12.8 Å². The third kappa shape index (κ3) is 2.48. The normalized spacial score (nSPS) is 15.5. The first-order valence-corrected chi connectivity index (χ1v) is 7.83. The van der Waals surface area contributed by atoms with Crippen molar-refractivity contribution in [2.24, 2.45) is 0 Å². The van der Waals surface area contributed by atoms with E-state index in [1.807, 2.05) is 0 Å². The van der Waals surface area contributed by atoms with E-state index in [9.17, 15) is 0 Å². The van der Waals surface area contributed by atoms with Gasteiger partial charge in [-0.3, -0.25) is 0 Å². The van der Waals surface area contributed by atoms with E-state index in [4.69, 9.17) is 0 Å². The fraction of sp³-hybridized carbons (Fsp3) is 0.0909. The Morgan fingerprint density at radius 1 is 0.864 bits per heavy atom. The van der Waals surface area contributed by atoms with Crippen LogP contribution in [0.3, 0.4) is 0 Å². The molecule has 22 heavy (non-hydrogen) atoms. The van der Waals surface area contributed by atoms with Crippen LogP contribution in [0.4, 0.5) is 0 Å². The van der Waals surface area contributed by atoms with Crippen LogP contribution in [0, 0.1) is 0 Å². The molecule has 4 rings (SSSR count). The summed E-state index contributed by atoms with van der Waals surface area (Å²) in [6.07, 6.45) is 17.5. The predicted octanol–water partition coefficient (Wildman–Crippen LogP) is 5.82. The van der Waals surface area contributed by atoms with Gasteiger partial charge in [0.1, 0.15) is 0 Å². The van der Waals surface area contributed by atoms with Gasteiger partial charge in [-0.1, -0.05) is 78.9 Å². The van der Waals surface area contributed by atoms with Crippen LogP contribution in [0.2, 0.25) is 0 Å². The first kappa shape index (κ1) is 13.1. The predicted molar refractivity (Wildman–Crippen MR) is 95.5 cm³/mol. The van der Waals surface area contributed by atoms with Crippen molar-refractivity contribution < 1.29 is 0 Å². The summed E-state index contributed by atoms with van der Waals surface area (Å²) in [6.45, 7) is 0. The Hall–Kier alpha value is -2.60. The minimum Gasteiger partial charge on any atom is -0.0801 e. The molecule has 0 fully saturated rings. The second-order valence-corrected chi connectivity index (χ2v) is 5.82. The molecule has 0 nitrogen and oxygen atoms in total. The van der Waals surface area contributed by atoms with Gasteiger partial charge >= 0.3 is 0 Å². The number of fused-ring (bicyclic) bond motifs is 1. The average molecular weight is 282 g/mol. The highest BCUT2D eigenvalue weighted by atomic mass is 14.1. The number of hydrogen-bond donors (Lipinski definition) is 0. The topological polar surface area (TPSA) is 0 Å². The van der Waals surface area contributed by atoms with E-state index in [-0.39, 0.29) is 0 Å². The molecule has 0 heterocycles.